The number of halogens is 1. The zero-order valence-corrected chi connectivity index (χ0v) is 10.2. The molecule has 13 heavy (non-hydrogen) atoms. The van der Waals surface area contributed by atoms with Gasteiger partial charge in [-0.1, -0.05) is 0 Å². The van der Waals surface area contributed by atoms with Crippen molar-refractivity contribution >= 4 is 0 Å². The van der Waals surface area contributed by atoms with Crippen molar-refractivity contribution in [3.63, 3.8) is 0 Å². The summed E-state index contributed by atoms with van der Waals surface area (Å²) in [6.45, 7) is 8.95. The van der Waals surface area contributed by atoms with Crippen molar-refractivity contribution < 1.29 is 30.9 Å². The molecule has 0 aromatic carbocycles. The van der Waals surface area contributed by atoms with Gasteiger partial charge in [-0.2, -0.15) is 0 Å². The van der Waals surface area contributed by atoms with E-state index < -0.39 is 0 Å². The fraction of sp³-hybridized carbons (Fsp3) is 1.00. The van der Waals surface area contributed by atoms with Crippen molar-refractivity contribution in [3.05, 3.63) is 0 Å². The number of ether oxygens (including phenoxy) is 2. The predicted octanol–water partition coefficient (Wildman–Crippen LogP) is -2.50. The third-order valence-electron chi connectivity index (χ3n) is 2.53. The van der Waals surface area contributed by atoms with Crippen molar-refractivity contribution in [1.29, 1.82) is 0 Å². The van der Waals surface area contributed by atoms with Crippen LogP contribution in [0.5, 0.6) is 0 Å². The maximum atomic E-state index is 5.35. The highest BCUT2D eigenvalue weighted by atomic mass is 79.9. The number of nitrogens with zero attached hydrogens (tertiary/aromatic N) is 1. The topological polar surface area (TPSA) is 18.5 Å². The molecule has 1 aliphatic heterocycles. The molecular formula is C9H20BrNO2. The first-order valence-electron chi connectivity index (χ1n) is 4.76. The monoisotopic (exact) mass is 253 g/mol. The molecule has 1 fully saturated rings. The molecule has 0 amide bonds. The van der Waals surface area contributed by atoms with Gasteiger partial charge in [0.15, 0.2) is 0 Å². The minimum atomic E-state index is 0. The molecule has 3 nitrogen and oxygen atoms in total. The molecule has 0 aromatic rings. The fourth-order valence-corrected chi connectivity index (χ4v) is 1.44. The number of likely N-dealkylation sites (N-methyl/N-ethyl adjacent to an activating group) is 1. The van der Waals surface area contributed by atoms with E-state index >= 15 is 0 Å². The fourth-order valence-electron chi connectivity index (χ4n) is 1.44. The Bertz CT molecular complexity index is 127. The molecular weight excluding hydrogens is 234 g/mol. The van der Waals surface area contributed by atoms with E-state index in [0.717, 1.165) is 50.5 Å². The summed E-state index contributed by atoms with van der Waals surface area (Å²) in [7, 11) is 2.28. The molecule has 0 atom stereocenters. The zero-order chi connectivity index (χ0) is 8.86. The minimum absolute atomic E-state index is 0. The molecule has 1 heterocycles. The van der Waals surface area contributed by atoms with E-state index in [1.807, 2.05) is 6.92 Å². The summed E-state index contributed by atoms with van der Waals surface area (Å²) in [5.74, 6) is 0. The molecule has 1 rings (SSSR count). The number of rotatable bonds is 4. The Labute approximate surface area is 91.4 Å². The van der Waals surface area contributed by atoms with Gasteiger partial charge in [-0.25, -0.2) is 0 Å². The Kier molecular flexibility index (Phi) is 6.95. The first-order chi connectivity index (χ1) is 5.77. The van der Waals surface area contributed by atoms with Crippen LogP contribution in [0.25, 0.3) is 0 Å². The lowest BCUT2D eigenvalue weighted by molar-refractivity contribution is -0.917. The lowest BCUT2D eigenvalue weighted by atomic mass is 10.3. The van der Waals surface area contributed by atoms with Crippen molar-refractivity contribution in [1.82, 2.24) is 0 Å². The second kappa shape index (κ2) is 6.76. The molecule has 0 bridgehead atoms. The summed E-state index contributed by atoms with van der Waals surface area (Å²) in [6.07, 6.45) is 0. The second-order valence-electron chi connectivity index (χ2n) is 3.60. The van der Waals surface area contributed by atoms with E-state index in [1.54, 1.807) is 0 Å². The van der Waals surface area contributed by atoms with Crippen molar-refractivity contribution in [2.75, 3.05) is 53.1 Å². The third-order valence-corrected chi connectivity index (χ3v) is 2.53. The summed E-state index contributed by atoms with van der Waals surface area (Å²) in [5.41, 5.74) is 0. The summed E-state index contributed by atoms with van der Waals surface area (Å²) in [5, 5.41) is 0. The third kappa shape index (κ3) is 4.96. The highest BCUT2D eigenvalue weighted by molar-refractivity contribution is 4.46. The first kappa shape index (κ1) is 13.4. The quantitative estimate of drug-likeness (QED) is 0.408. The summed E-state index contributed by atoms with van der Waals surface area (Å²) >= 11 is 0. The molecule has 0 radical (unpaired) electrons. The molecule has 0 saturated carbocycles. The van der Waals surface area contributed by atoms with Crippen LogP contribution in [0.15, 0.2) is 0 Å². The SMILES string of the molecule is CCOCC[N+]1(C)CCOCC1.[Br-]. The Morgan fingerprint density at radius 1 is 1.31 bits per heavy atom. The molecule has 4 heteroatoms. The molecule has 1 saturated heterocycles. The van der Waals surface area contributed by atoms with Crippen LogP contribution in [-0.4, -0.2) is 57.6 Å². The first-order valence-corrected chi connectivity index (χ1v) is 4.76. The van der Waals surface area contributed by atoms with Crippen molar-refractivity contribution in [3.8, 4) is 0 Å². The molecule has 0 unspecified atom stereocenters. The number of hydrogen-bond acceptors (Lipinski definition) is 2. The van der Waals surface area contributed by atoms with Crippen molar-refractivity contribution in [2.24, 2.45) is 0 Å². The maximum absolute atomic E-state index is 5.35. The van der Waals surface area contributed by atoms with Gasteiger partial charge in [-0.3, -0.25) is 0 Å². The van der Waals surface area contributed by atoms with Gasteiger partial charge in [-0.05, 0) is 6.92 Å². The Hall–Kier alpha value is 0.360. The summed E-state index contributed by atoms with van der Waals surface area (Å²) in [4.78, 5) is 0. The van der Waals surface area contributed by atoms with Gasteiger partial charge in [0, 0.05) is 6.61 Å². The average Bonchev–Trinajstić information content (AvgIpc) is 2.06. The number of quaternary nitrogens is 1. The zero-order valence-electron chi connectivity index (χ0n) is 8.59. The maximum Gasteiger partial charge on any atom is 0.102 e. The largest absolute Gasteiger partial charge is 1.00 e. The van der Waals surface area contributed by atoms with Gasteiger partial charge in [0.25, 0.3) is 0 Å². The molecule has 0 aliphatic carbocycles. The second-order valence-corrected chi connectivity index (χ2v) is 3.60. The van der Waals surface area contributed by atoms with E-state index in [4.69, 9.17) is 9.47 Å². The van der Waals surface area contributed by atoms with Gasteiger partial charge in [0.1, 0.15) is 19.6 Å². The van der Waals surface area contributed by atoms with E-state index in [9.17, 15) is 0 Å². The van der Waals surface area contributed by atoms with E-state index in [2.05, 4.69) is 7.05 Å². The molecule has 0 N–H and O–H groups in total. The molecule has 0 aromatic heterocycles. The Morgan fingerprint density at radius 2 is 1.92 bits per heavy atom. The van der Waals surface area contributed by atoms with Crippen LogP contribution in [0, 0.1) is 0 Å². The van der Waals surface area contributed by atoms with E-state index in [0.29, 0.717) is 0 Å². The van der Waals surface area contributed by atoms with Gasteiger partial charge in [0.05, 0.1) is 26.9 Å². The van der Waals surface area contributed by atoms with E-state index in [-0.39, 0.29) is 17.0 Å². The van der Waals surface area contributed by atoms with Gasteiger partial charge in [-0.15, -0.1) is 0 Å². The van der Waals surface area contributed by atoms with Crippen LogP contribution in [0.1, 0.15) is 6.92 Å². The summed E-state index contributed by atoms with van der Waals surface area (Å²) in [6, 6.07) is 0. The molecule has 1 aliphatic rings. The summed E-state index contributed by atoms with van der Waals surface area (Å²) < 4.78 is 11.8. The predicted molar refractivity (Wildman–Crippen MR) is 48.1 cm³/mol. The van der Waals surface area contributed by atoms with Crippen molar-refractivity contribution in [2.45, 2.75) is 6.92 Å². The normalized spacial score (nSPS) is 20.8. The lowest BCUT2D eigenvalue weighted by Gasteiger charge is -2.37. The molecule has 0 spiro atoms. The highest BCUT2D eigenvalue weighted by Crippen LogP contribution is 2.06. The van der Waals surface area contributed by atoms with E-state index in [1.165, 1.54) is 0 Å². The Morgan fingerprint density at radius 3 is 2.46 bits per heavy atom. The molecule has 80 valence electrons. The van der Waals surface area contributed by atoms with Crippen LogP contribution in [-0.2, 0) is 9.47 Å². The van der Waals surface area contributed by atoms with Crippen LogP contribution >= 0.6 is 0 Å². The number of hydrogen-bond donors (Lipinski definition) is 0. The van der Waals surface area contributed by atoms with Crippen LogP contribution in [0.3, 0.4) is 0 Å². The van der Waals surface area contributed by atoms with Gasteiger partial charge >= 0.3 is 0 Å². The van der Waals surface area contributed by atoms with Gasteiger partial charge < -0.3 is 30.9 Å². The standard InChI is InChI=1S/C9H20NO2.BrH/c1-3-11-7-4-10(2)5-8-12-9-6-10;/h3-9H2,1-2H3;1H/q+1;/p-1. The Balaban J connectivity index is 0.00000144. The minimum Gasteiger partial charge on any atom is -1.00 e. The van der Waals surface area contributed by atoms with Crippen LogP contribution < -0.4 is 17.0 Å². The highest BCUT2D eigenvalue weighted by Gasteiger charge is 2.24. The smallest absolute Gasteiger partial charge is 0.102 e. The average molecular weight is 254 g/mol. The van der Waals surface area contributed by atoms with Gasteiger partial charge in [0.2, 0.25) is 0 Å². The lowest BCUT2D eigenvalue weighted by Crippen LogP contribution is -3.00. The number of morpholine rings is 1. The van der Waals surface area contributed by atoms with Crippen LogP contribution in [0.2, 0.25) is 0 Å². The van der Waals surface area contributed by atoms with Crippen LogP contribution in [0.4, 0.5) is 0 Å².